The highest BCUT2D eigenvalue weighted by molar-refractivity contribution is 6.21. The third kappa shape index (κ3) is 2.97. The predicted molar refractivity (Wildman–Crippen MR) is 93.5 cm³/mol. The normalized spacial score (nSPS) is 17.7. The van der Waals surface area contributed by atoms with Crippen LogP contribution < -0.4 is 5.32 Å². The zero-order valence-corrected chi connectivity index (χ0v) is 13.8. The lowest BCUT2D eigenvalue weighted by molar-refractivity contribution is 0.0541. The van der Waals surface area contributed by atoms with Crippen molar-refractivity contribution in [1.29, 1.82) is 0 Å². The van der Waals surface area contributed by atoms with E-state index in [9.17, 15) is 14.7 Å². The largest absolute Gasteiger partial charge is 0.390 e. The van der Waals surface area contributed by atoms with Crippen molar-refractivity contribution in [3.8, 4) is 0 Å². The van der Waals surface area contributed by atoms with Crippen LogP contribution >= 0.6 is 0 Å². The number of carbonyl (C=O) groups is 2. The van der Waals surface area contributed by atoms with E-state index in [-0.39, 0.29) is 24.4 Å². The van der Waals surface area contributed by atoms with Gasteiger partial charge in [0.1, 0.15) is 0 Å². The average molecular weight is 336 g/mol. The van der Waals surface area contributed by atoms with Crippen LogP contribution in [0.15, 0.2) is 48.5 Å². The van der Waals surface area contributed by atoms with E-state index in [0.717, 1.165) is 17.7 Å². The Balaban J connectivity index is 1.33. The highest BCUT2D eigenvalue weighted by Crippen LogP contribution is 2.23. The third-order valence-electron chi connectivity index (χ3n) is 4.96. The first kappa shape index (κ1) is 16.0. The minimum Gasteiger partial charge on any atom is -0.390 e. The molecule has 2 aromatic carbocycles. The number of fused-ring (bicyclic) bond motifs is 2. The zero-order chi connectivity index (χ0) is 17.4. The highest BCUT2D eigenvalue weighted by atomic mass is 16.3. The van der Waals surface area contributed by atoms with Crippen LogP contribution in [-0.2, 0) is 12.8 Å². The number of nitrogens with one attached hydrogen (secondary N) is 1. The molecule has 2 amide bonds. The molecule has 0 aromatic heterocycles. The summed E-state index contributed by atoms with van der Waals surface area (Å²) in [6.07, 6.45) is 1.09. The second kappa shape index (κ2) is 6.43. The van der Waals surface area contributed by atoms with E-state index in [0.29, 0.717) is 17.7 Å². The number of imide groups is 1. The molecule has 2 aromatic rings. The van der Waals surface area contributed by atoms with Gasteiger partial charge in [-0.15, -0.1) is 0 Å². The van der Waals surface area contributed by atoms with Crippen molar-refractivity contribution >= 4 is 11.8 Å². The quantitative estimate of drug-likeness (QED) is 0.810. The Hall–Kier alpha value is -2.50. The van der Waals surface area contributed by atoms with E-state index in [1.807, 2.05) is 12.1 Å². The van der Waals surface area contributed by atoms with Crippen LogP contribution in [0.25, 0.3) is 0 Å². The van der Waals surface area contributed by atoms with Crippen molar-refractivity contribution in [1.82, 2.24) is 10.2 Å². The molecule has 5 nitrogen and oxygen atoms in total. The highest BCUT2D eigenvalue weighted by Gasteiger charge is 2.36. The predicted octanol–water partition coefficient (Wildman–Crippen LogP) is 1.40. The lowest BCUT2D eigenvalue weighted by atomic mass is 10.1. The molecule has 1 aliphatic heterocycles. The summed E-state index contributed by atoms with van der Waals surface area (Å²) in [4.78, 5) is 25.8. The number of β-amino-alcohol motifs (C(OH)–C–C–N with tert-alkyl or cyclic N) is 1. The molecule has 1 heterocycles. The van der Waals surface area contributed by atoms with Gasteiger partial charge in [-0.3, -0.25) is 14.5 Å². The van der Waals surface area contributed by atoms with Gasteiger partial charge in [-0.2, -0.15) is 0 Å². The number of nitrogens with zero attached hydrogens (tertiary/aromatic N) is 1. The molecule has 25 heavy (non-hydrogen) atoms. The number of aliphatic hydroxyl groups excluding tert-OH is 1. The van der Waals surface area contributed by atoms with Gasteiger partial charge in [0.15, 0.2) is 0 Å². The summed E-state index contributed by atoms with van der Waals surface area (Å²) in [7, 11) is 0. The van der Waals surface area contributed by atoms with Crippen molar-refractivity contribution < 1.29 is 14.7 Å². The van der Waals surface area contributed by atoms with E-state index in [4.69, 9.17) is 0 Å². The van der Waals surface area contributed by atoms with Gasteiger partial charge >= 0.3 is 0 Å². The van der Waals surface area contributed by atoms with Crippen LogP contribution in [0, 0.1) is 0 Å². The molecule has 0 bridgehead atoms. The first-order chi connectivity index (χ1) is 12.1. The molecule has 0 unspecified atom stereocenters. The number of aliphatic hydroxyl groups is 1. The van der Waals surface area contributed by atoms with Gasteiger partial charge < -0.3 is 10.4 Å². The van der Waals surface area contributed by atoms with Crippen molar-refractivity contribution in [3.63, 3.8) is 0 Å². The Labute approximate surface area is 146 Å². The number of hydrogen-bond acceptors (Lipinski definition) is 4. The van der Waals surface area contributed by atoms with Gasteiger partial charge in [-0.25, -0.2) is 0 Å². The van der Waals surface area contributed by atoms with E-state index in [1.54, 1.807) is 24.3 Å². The molecule has 0 spiro atoms. The maximum Gasteiger partial charge on any atom is 0.261 e. The maximum atomic E-state index is 12.3. The molecule has 0 saturated carbocycles. The van der Waals surface area contributed by atoms with E-state index >= 15 is 0 Å². The fourth-order valence-corrected chi connectivity index (χ4v) is 3.69. The molecule has 1 atom stereocenters. The minimum atomic E-state index is -0.786. The van der Waals surface area contributed by atoms with Crippen LogP contribution in [-0.4, -0.2) is 47.1 Å². The first-order valence-corrected chi connectivity index (χ1v) is 8.57. The second-order valence-electron chi connectivity index (χ2n) is 6.70. The minimum absolute atomic E-state index is 0.0129. The van der Waals surface area contributed by atoms with Crippen LogP contribution in [0.4, 0.5) is 0 Å². The third-order valence-corrected chi connectivity index (χ3v) is 4.96. The topological polar surface area (TPSA) is 69.6 Å². The smallest absolute Gasteiger partial charge is 0.261 e. The number of rotatable bonds is 5. The Morgan fingerprint density at radius 3 is 2.04 bits per heavy atom. The summed E-state index contributed by atoms with van der Waals surface area (Å²) in [6, 6.07) is 15.4. The molecule has 5 heteroatoms. The van der Waals surface area contributed by atoms with Crippen molar-refractivity contribution in [2.24, 2.45) is 0 Å². The zero-order valence-electron chi connectivity index (χ0n) is 13.8. The summed E-state index contributed by atoms with van der Waals surface area (Å²) in [5, 5.41) is 13.6. The Bertz CT molecular complexity index is 773. The van der Waals surface area contributed by atoms with E-state index in [1.165, 1.54) is 11.1 Å². The Kier molecular flexibility index (Phi) is 4.11. The molecule has 0 saturated heterocycles. The number of benzene rings is 2. The Morgan fingerprint density at radius 2 is 1.48 bits per heavy atom. The standard InChI is InChI=1S/C20H20N2O3/c23-16(11-21-15-9-13-5-1-2-6-14(13)10-15)12-22-19(24)17-7-3-4-8-18(17)20(22)25/h1-8,15-16,21,23H,9-12H2/t16-/m1/s1. The second-order valence-corrected chi connectivity index (χ2v) is 6.70. The molecule has 2 N–H and O–H groups in total. The molecule has 2 aliphatic rings. The monoisotopic (exact) mass is 336 g/mol. The van der Waals surface area contributed by atoms with E-state index in [2.05, 4.69) is 17.4 Å². The van der Waals surface area contributed by atoms with Crippen LogP contribution in [0.3, 0.4) is 0 Å². The van der Waals surface area contributed by atoms with E-state index < -0.39 is 6.10 Å². The molecule has 128 valence electrons. The first-order valence-electron chi connectivity index (χ1n) is 8.57. The van der Waals surface area contributed by atoms with Gasteiger partial charge in [0, 0.05) is 12.6 Å². The van der Waals surface area contributed by atoms with Crippen LogP contribution in [0.5, 0.6) is 0 Å². The van der Waals surface area contributed by atoms with Gasteiger partial charge in [0.2, 0.25) is 0 Å². The SMILES string of the molecule is O=C1c2ccccc2C(=O)N1C[C@H](O)CNC1Cc2ccccc2C1. The summed E-state index contributed by atoms with van der Waals surface area (Å²) in [6.45, 7) is 0.366. The van der Waals surface area contributed by atoms with Crippen molar-refractivity contribution in [3.05, 3.63) is 70.8 Å². The fourth-order valence-electron chi connectivity index (χ4n) is 3.69. The maximum absolute atomic E-state index is 12.3. The Morgan fingerprint density at radius 1 is 0.960 bits per heavy atom. The molecule has 0 fully saturated rings. The summed E-state index contributed by atoms with van der Waals surface area (Å²) in [5.41, 5.74) is 3.52. The van der Waals surface area contributed by atoms with Crippen molar-refractivity contribution in [2.45, 2.75) is 25.0 Å². The summed E-state index contributed by atoms with van der Waals surface area (Å²) in [5.74, 6) is -0.652. The number of carbonyl (C=O) groups excluding carboxylic acids is 2. The molecular formula is C20H20N2O3. The molecule has 0 radical (unpaired) electrons. The molecule has 1 aliphatic carbocycles. The lowest BCUT2D eigenvalue weighted by Crippen LogP contribution is -2.43. The average Bonchev–Trinajstić information content (AvgIpc) is 3.15. The van der Waals surface area contributed by atoms with Gasteiger partial charge in [0.25, 0.3) is 11.8 Å². The molecule has 4 rings (SSSR count). The number of hydrogen-bond donors (Lipinski definition) is 2. The summed E-state index contributed by atoms with van der Waals surface area (Å²) >= 11 is 0. The van der Waals surface area contributed by atoms with Crippen molar-refractivity contribution in [2.75, 3.05) is 13.1 Å². The fraction of sp³-hybridized carbons (Fsp3) is 0.300. The van der Waals surface area contributed by atoms with Gasteiger partial charge in [-0.05, 0) is 36.1 Å². The molecular weight excluding hydrogens is 316 g/mol. The van der Waals surface area contributed by atoms with Gasteiger partial charge in [0.05, 0.1) is 23.8 Å². The van der Waals surface area contributed by atoms with Gasteiger partial charge in [-0.1, -0.05) is 36.4 Å². The van der Waals surface area contributed by atoms with Crippen LogP contribution in [0.1, 0.15) is 31.8 Å². The lowest BCUT2D eigenvalue weighted by Gasteiger charge is -2.20. The van der Waals surface area contributed by atoms with Crippen LogP contribution in [0.2, 0.25) is 0 Å². The number of amides is 2. The summed E-state index contributed by atoms with van der Waals surface area (Å²) < 4.78 is 0.